The molecule has 0 aromatic carbocycles. The maximum atomic E-state index is 8.49. The van der Waals surface area contributed by atoms with Gasteiger partial charge in [0.15, 0.2) is 0 Å². The predicted octanol–water partition coefficient (Wildman–Crippen LogP) is 2.94. The van der Waals surface area contributed by atoms with Crippen LogP contribution in [0.25, 0.3) is 9.88 Å². The fraction of sp³-hybridized carbons (Fsp3) is 0.111. The van der Waals surface area contributed by atoms with Gasteiger partial charge in [-0.1, -0.05) is 6.07 Å². The van der Waals surface area contributed by atoms with Crippen molar-refractivity contribution in [2.45, 2.75) is 6.42 Å². The highest BCUT2D eigenvalue weighted by molar-refractivity contribution is 7.20. The van der Waals surface area contributed by atoms with E-state index >= 15 is 0 Å². The molecule has 2 nitrogen and oxygen atoms in total. The molecule has 0 fully saturated rings. The number of hydrogen-bond donors (Lipinski definition) is 0. The van der Waals surface area contributed by atoms with E-state index in [1.54, 1.807) is 28.9 Å². The van der Waals surface area contributed by atoms with Crippen molar-refractivity contribution in [1.82, 2.24) is 4.98 Å². The average molecular weight is 206 g/mol. The Hall–Kier alpha value is -1.18. The highest BCUT2D eigenvalue weighted by Crippen LogP contribution is 2.28. The lowest BCUT2D eigenvalue weighted by atomic mass is 10.4. The zero-order chi connectivity index (χ0) is 9.10. The largest absolute Gasteiger partial charge is 0.243 e. The minimum absolute atomic E-state index is 0.461. The highest BCUT2D eigenvalue weighted by atomic mass is 32.1. The van der Waals surface area contributed by atoms with E-state index in [0.717, 1.165) is 9.88 Å². The Kier molecular flexibility index (Phi) is 2.39. The summed E-state index contributed by atoms with van der Waals surface area (Å²) in [4.78, 5) is 6.46. The second-order valence-corrected chi connectivity index (χ2v) is 4.51. The molecule has 2 heterocycles. The fourth-order valence-corrected chi connectivity index (χ4v) is 2.63. The molecule has 0 N–H and O–H groups in total. The van der Waals surface area contributed by atoms with E-state index in [2.05, 4.69) is 11.1 Å². The Morgan fingerprint density at radius 3 is 3.15 bits per heavy atom. The summed E-state index contributed by atoms with van der Waals surface area (Å²) in [6, 6.07) is 6.16. The van der Waals surface area contributed by atoms with Crippen molar-refractivity contribution in [1.29, 1.82) is 5.26 Å². The molecule has 13 heavy (non-hydrogen) atoms. The number of nitriles is 1. The second-order valence-electron chi connectivity index (χ2n) is 2.44. The zero-order valence-corrected chi connectivity index (χ0v) is 8.36. The molecule has 0 aliphatic heterocycles. The van der Waals surface area contributed by atoms with Gasteiger partial charge in [0.1, 0.15) is 5.01 Å². The van der Waals surface area contributed by atoms with Gasteiger partial charge in [0.05, 0.1) is 17.4 Å². The van der Waals surface area contributed by atoms with Gasteiger partial charge in [-0.15, -0.1) is 22.7 Å². The maximum absolute atomic E-state index is 8.49. The third kappa shape index (κ3) is 1.77. The van der Waals surface area contributed by atoms with Crippen molar-refractivity contribution in [3.63, 3.8) is 0 Å². The standard InChI is InChI=1S/C9H6N2S2/c10-4-3-7-6-11-9(13-7)8-2-1-5-12-8/h1-2,5-6H,3H2. The normalized spacial score (nSPS) is 9.77. The lowest BCUT2D eigenvalue weighted by Crippen LogP contribution is -1.68. The van der Waals surface area contributed by atoms with Gasteiger partial charge in [-0.25, -0.2) is 4.98 Å². The Labute approximate surface area is 84.1 Å². The van der Waals surface area contributed by atoms with Gasteiger partial charge < -0.3 is 0 Å². The number of thiazole rings is 1. The lowest BCUT2D eigenvalue weighted by Gasteiger charge is -1.85. The van der Waals surface area contributed by atoms with Crippen LogP contribution in [0.3, 0.4) is 0 Å². The monoisotopic (exact) mass is 206 g/mol. The van der Waals surface area contributed by atoms with E-state index < -0.39 is 0 Å². The summed E-state index contributed by atoms with van der Waals surface area (Å²) < 4.78 is 0. The topological polar surface area (TPSA) is 36.7 Å². The van der Waals surface area contributed by atoms with Crippen LogP contribution in [0.5, 0.6) is 0 Å². The Morgan fingerprint density at radius 2 is 2.46 bits per heavy atom. The van der Waals surface area contributed by atoms with Crippen molar-refractivity contribution >= 4 is 22.7 Å². The molecular weight excluding hydrogens is 200 g/mol. The van der Waals surface area contributed by atoms with Crippen molar-refractivity contribution < 1.29 is 0 Å². The summed E-state index contributed by atoms with van der Waals surface area (Å²) in [6.45, 7) is 0. The first-order valence-corrected chi connectivity index (χ1v) is 5.45. The molecule has 4 heteroatoms. The first-order chi connectivity index (χ1) is 6.40. The summed E-state index contributed by atoms with van der Waals surface area (Å²) in [6.07, 6.45) is 2.24. The van der Waals surface area contributed by atoms with E-state index in [4.69, 9.17) is 5.26 Å². The van der Waals surface area contributed by atoms with E-state index in [-0.39, 0.29) is 0 Å². The first-order valence-electron chi connectivity index (χ1n) is 3.75. The summed E-state index contributed by atoms with van der Waals surface area (Å²) in [7, 11) is 0. The van der Waals surface area contributed by atoms with Crippen molar-refractivity contribution in [3.8, 4) is 16.0 Å². The summed E-state index contributed by atoms with van der Waals surface area (Å²) >= 11 is 3.26. The predicted molar refractivity (Wildman–Crippen MR) is 54.7 cm³/mol. The van der Waals surface area contributed by atoms with Gasteiger partial charge in [0.2, 0.25) is 0 Å². The smallest absolute Gasteiger partial charge is 0.133 e. The molecule has 0 saturated heterocycles. The molecule has 2 rings (SSSR count). The molecule has 0 amide bonds. The average Bonchev–Trinajstić information content (AvgIpc) is 2.70. The van der Waals surface area contributed by atoms with Gasteiger partial charge in [0.25, 0.3) is 0 Å². The molecule has 0 spiro atoms. The summed E-state index contributed by atoms with van der Waals surface area (Å²) in [5, 5.41) is 11.5. The molecule has 0 aliphatic rings. The number of thiophene rings is 1. The van der Waals surface area contributed by atoms with Gasteiger partial charge in [-0.05, 0) is 11.4 Å². The van der Waals surface area contributed by atoms with Crippen molar-refractivity contribution in [3.05, 3.63) is 28.6 Å². The number of hydrogen-bond acceptors (Lipinski definition) is 4. The summed E-state index contributed by atoms with van der Waals surface area (Å²) in [5.74, 6) is 0. The van der Waals surface area contributed by atoms with Crippen LogP contribution in [0.2, 0.25) is 0 Å². The van der Waals surface area contributed by atoms with E-state index in [1.807, 2.05) is 17.5 Å². The van der Waals surface area contributed by atoms with E-state index in [1.165, 1.54) is 4.88 Å². The third-order valence-corrected chi connectivity index (χ3v) is 3.58. The summed E-state index contributed by atoms with van der Waals surface area (Å²) in [5.41, 5.74) is 0. The SMILES string of the molecule is N#CCc1cnc(-c2cccs2)s1. The minimum atomic E-state index is 0.461. The minimum Gasteiger partial charge on any atom is -0.243 e. The molecule has 0 bridgehead atoms. The zero-order valence-electron chi connectivity index (χ0n) is 6.73. The molecule has 0 aliphatic carbocycles. The molecule has 0 unspecified atom stereocenters. The Balaban J connectivity index is 2.29. The van der Waals surface area contributed by atoms with Gasteiger partial charge in [0, 0.05) is 11.1 Å². The molecule has 0 radical (unpaired) electrons. The van der Waals surface area contributed by atoms with Crippen LogP contribution in [0, 0.1) is 11.3 Å². The number of aromatic nitrogens is 1. The van der Waals surface area contributed by atoms with Crippen LogP contribution in [0.1, 0.15) is 4.88 Å². The number of rotatable bonds is 2. The van der Waals surface area contributed by atoms with Crippen molar-refractivity contribution in [2.24, 2.45) is 0 Å². The lowest BCUT2D eigenvalue weighted by molar-refractivity contribution is 1.28. The molecule has 64 valence electrons. The second kappa shape index (κ2) is 3.69. The van der Waals surface area contributed by atoms with Crippen LogP contribution in [0.4, 0.5) is 0 Å². The first kappa shape index (κ1) is 8.42. The van der Waals surface area contributed by atoms with E-state index in [0.29, 0.717) is 6.42 Å². The quantitative estimate of drug-likeness (QED) is 0.757. The highest BCUT2D eigenvalue weighted by Gasteiger charge is 2.04. The third-order valence-electron chi connectivity index (χ3n) is 1.54. The Morgan fingerprint density at radius 1 is 1.54 bits per heavy atom. The number of nitrogens with zero attached hydrogens (tertiary/aromatic N) is 2. The van der Waals surface area contributed by atoms with Crippen LogP contribution in [-0.4, -0.2) is 4.98 Å². The molecule has 2 aromatic heterocycles. The van der Waals surface area contributed by atoms with Gasteiger partial charge in [-0.3, -0.25) is 0 Å². The van der Waals surface area contributed by atoms with Crippen molar-refractivity contribution in [2.75, 3.05) is 0 Å². The Bertz CT molecular complexity index is 423. The molecule has 0 saturated carbocycles. The van der Waals surface area contributed by atoms with Crippen LogP contribution < -0.4 is 0 Å². The fourth-order valence-electron chi connectivity index (χ4n) is 0.981. The van der Waals surface area contributed by atoms with Crippen LogP contribution in [-0.2, 0) is 6.42 Å². The van der Waals surface area contributed by atoms with Gasteiger partial charge >= 0.3 is 0 Å². The van der Waals surface area contributed by atoms with Crippen LogP contribution >= 0.6 is 22.7 Å². The molecular formula is C9H6N2S2. The maximum Gasteiger partial charge on any atom is 0.133 e. The van der Waals surface area contributed by atoms with E-state index in [9.17, 15) is 0 Å². The van der Waals surface area contributed by atoms with Crippen LogP contribution in [0.15, 0.2) is 23.7 Å². The molecule has 0 atom stereocenters. The molecule has 2 aromatic rings. The van der Waals surface area contributed by atoms with Gasteiger partial charge in [-0.2, -0.15) is 5.26 Å².